The van der Waals surface area contributed by atoms with Gasteiger partial charge in [0.15, 0.2) is 0 Å². The van der Waals surface area contributed by atoms with Crippen molar-refractivity contribution in [3.8, 4) is 0 Å². The maximum absolute atomic E-state index is 13.0. The zero-order valence-corrected chi connectivity index (χ0v) is 15.2. The molecule has 0 aromatic carbocycles. The molecule has 2 fully saturated rings. The largest absolute Gasteiger partial charge is 0.481 e. The topological polar surface area (TPSA) is 54.4 Å². The standard InChI is InChI=1S/C19H31ClO3/c1-2-16(21)19(10-4-3-5-11-19)18(9-6-14-20)12-7-15(8-13-18)17(22)23/h15H,2-14H2,1H3,(H,22,23). The number of ketones is 1. The van der Waals surface area contributed by atoms with Gasteiger partial charge in [0.05, 0.1) is 5.92 Å². The van der Waals surface area contributed by atoms with Crippen molar-refractivity contribution < 1.29 is 14.7 Å². The third-order valence-corrected chi connectivity index (χ3v) is 6.93. The summed E-state index contributed by atoms with van der Waals surface area (Å²) < 4.78 is 0. The molecule has 2 saturated carbocycles. The molecular formula is C19H31ClO3. The molecule has 1 N–H and O–H groups in total. The van der Waals surface area contributed by atoms with Gasteiger partial charge in [-0.1, -0.05) is 26.2 Å². The molecule has 4 heteroatoms. The molecule has 2 rings (SSSR count). The molecule has 132 valence electrons. The fourth-order valence-corrected chi connectivity index (χ4v) is 5.52. The Morgan fingerprint density at radius 3 is 2.17 bits per heavy atom. The molecule has 0 saturated heterocycles. The summed E-state index contributed by atoms with van der Waals surface area (Å²) in [6.45, 7) is 1.98. The van der Waals surface area contributed by atoms with Crippen molar-refractivity contribution >= 4 is 23.4 Å². The SMILES string of the molecule is CCC(=O)C1(C2(CCCCl)CCC(C(=O)O)CC2)CCCCC1. The van der Waals surface area contributed by atoms with E-state index in [-0.39, 0.29) is 16.7 Å². The van der Waals surface area contributed by atoms with Crippen molar-refractivity contribution in [3.05, 3.63) is 0 Å². The van der Waals surface area contributed by atoms with Gasteiger partial charge in [-0.2, -0.15) is 0 Å². The first-order valence-electron chi connectivity index (χ1n) is 9.33. The van der Waals surface area contributed by atoms with Gasteiger partial charge < -0.3 is 5.11 Å². The number of halogens is 1. The van der Waals surface area contributed by atoms with E-state index in [0.717, 1.165) is 64.2 Å². The Hall–Kier alpha value is -0.570. The lowest BCUT2D eigenvalue weighted by atomic mass is 9.48. The van der Waals surface area contributed by atoms with Gasteiger partial charge in [0.25, 0.3) is 0 Å². The summed E-state index contributed by atoms with van der Waals surface area (Å²) in [5.41, 5.74) is -0.225. The summed E-state index contributed by atoms with van der Waals surface area (Å²) in [6.07, 6.45) is 11.2. The Bertz CT molecular complexity index is 418. The van der Waals surface area contributed by atoms with E-state index in [4.69, 9.17) is 11.6 Å². The first-order chi connectivity index (χ1) is 11.0. The molecule has 0 amide bonds. The molecule has 3 nitrogen and oxygen atoms in total. The average molecular weight is 343 g/mol. The highest BCUT2D eigenvalue weighted by molar-refractivity contribution is 6.17. The third-order valence-electron chi connectivity index (χ3n) is 6.66. The first kappa shape index (κ1) is 18.8. The summed E-state index contributed by atoms with van der Waals surface area (Å²) in [7, 11) is 0. The summed E-state index contributed by atoms with van der Waals surface area (Å²) in [4.78, 5) is 24.4. The molecule has 0 atom stereocenters. The second kappa shape index (κ2) is 8.00. The first-order valence-corrected chi connectivity index (χ1v) is 9.87. The normalized spacial score (nSPS) is 30.8. The fourth-order valence-electron chi connectivity index (χ4n) is 5.39. The smallest absolute Gasteiger partial charge is 0.306 e. The van der Waals surface area contributed by atoms with Gasteiger partial charge in [0, 0.05) is 17.7 Å². The predicted molar refractivity (Wildman–Crippen MR) is 92.8 cm³/mol. The molecule has 2 aliphatic carbocycles. The maximum atomic E-state index is 13.0. The van der Waals surface area contributed by atoms with Crippen LogP contribution in [0.1, 0.15) is 84.0 Å². The number of hydrogen-bond donors (Lipinski definition) is 1. The molecule has 0 unspecified atom stereocenters. The number of carboxylic acids is 1. The molecule has 0 aromatic rings. The van der Waals surface area contributed by atoms with Gasteiger partial charge in [-0.15, -0.1) is 11.6 Å². The van der Waals surface area contributed by atoms with Gasteiger partial charge >= 0.3 is 5.97 Å². The Labute approximate surface area is 145 Å². The number of alkyl halides is 1. The zero-order valence-electron chi connectivity index (χ0n) is 14.4. The van der Waals surface area contributed by atoms with Crippen LogP contribution in [0.15, 0.2) is 0 Å². The molecule has 23 heavy (non-hydrogen) atoms. The van der Waals surface area contributed by atoms with Crippen molar-refractivity contribution in [1.29, 1.82) is 0 Å². The minimum atomic E-state index is -0.671. The molecular weight excluding hydrogens is 312 g/mol. The van der Waals surface area contributed by atoms with Crippen LogP contribution in [0.4, 0.5) is 0 Å². The molecule has 0 heterocycles. The Morgan fingerprint density at radius 2 is 1.70 bits per heavy atom. The van der Waals surface area contributed by atoms with Crippen molar-refractivity contribution in [2.75, 3.05) is 5.88 Å². The summed E-state index contributed by atoms with van der Waals surface area (Å²) >= 11 is 5.98. The van der Waals surface area contributed by atoms with Crippen LogP contribution >= 0.6 is 11.6 Å². The van der Waals surface area contributed by atoms with Gasteiger partial charge in [0.1, 0.15) is 5.78 Å². The van der Waals surface area contributed by atoms with Gasteiger partial charge in [-0.25, -0.2) is 0 Å². The predicted octanol–water partition coefficient (Wildman–Crippen LogP) is 5.20. The lowest BCUT2D eigenvalue weighted by Crippen LogP contribution is -2.51. The van der Waals surface area contributed by atoms with Crippen molar-refractivity contribution in [3.63, 3.8) is 0 Å². The molecule has 2 aliphatic rings. The van der Waals surface area contributed by atoms with Crippen LogP contribution in [0.2, 0.25) is 0 Å². The fraction of sp³-hybridized carbons (Fsp3) is 0.895. The van der Waals surface area contributed by atoms with Crippen LogP contribution in [0.5, 0.6) is 0 Å². The highest BCUT2D eigenvalue weighted by Gasteiger charge is 2.55. The highest BCUT2D eigenvalue weighted by atomic mass is 35.5. The van der Waals surface area contributed by atoms with Gasteiger partial charge in [-0.3, -0.25) is 9.59 Å². The molecule has 0 spiro atoms. The second-order valence-electron chi connectivity index (χ2n) is 7.60. The lowest BCUT2D eigenvalue weighted by Gasteiger charge is -2.55. The van der Waals surface area contributed by atoms with Crippen LogP contribution in [-0.4, -0.2) is 22.7 Å². The van der Waals surface area contributed by atoms with Crippen molar-refractivity contribution in [2.24, 2.45) is 16.7 Å². The van der Waals surface area contributed by atoms with E-state index in [1.54, 1.807) is 0 Å². The molecule has 0 bridgehead atoms. The van der Waals surface area contributed by atoms with Crippen LogP contribution in [0.25, 0.3) is 0 Å². The average Bonchev–Trinajstić information content (AvgIpc) is 2.60. The quantitative estimate of drug-likeness (QED) is 0.647. The van der Waals surface area contributed by atoms with E-state index in [9.17, 15) is 14.7 Å². The number of aliphatic carboxylic acids is 1. The van der Waals surface area contributed by atoms with Gasteiger partial charge in [-0.05, 0) is 56.8 Å². The van der Waals surface area contributed by atoms with E-state index in [0.29, 0.717) is 18.1 Å². The van der Waals surface area contributed by atoms with Gasteiger partial charge in [0.2, 0.25) is 0 Å². The van der Waals surface area contributed by atoms with E-state index in [2.05, 4.69) is 0 Å². The monoisotopic (exact) mass is 342 g/mol. The molecule has 0 aliphatic heterocycles. The third kappa shape index (κ3) is 3.60. The Balaban J connectivity index is 2.31. The second-order valence-corrected chi connectivity index (χ2v) is 7.98. The number of Topliss-reactive ketones (excluding diaryl/α,β-unsaturated/α-hetero) is 1. The van der Waals surface area contributed by atoms with Crippen LogP contribution in [-0.2, 0) is 9.59 Å². The number of rotatable bonds is 7. The number of carboxylic acid groups (broad SMARTS) is 1. The van der Waals surface area contributed by atoms with Crippen LogP contribution in [0.3, 0.4) is 0 Å². The molecule has 0 aromatic heterocycles. The van der Waals surface area contributed by atoms with E-state index < -0.39 is 5.97 Å². The van der Waals surface area contributed by atoms with Crippen LogP contribution < -0.4 is 0 Å². The van der Waals surface area contributed by atoms with E-state index in [1.807, 2.05) is 6.92 Å². The number of carbonyl (C=O) groups is 2. The zero-order chi connectivity index (χ0) is 16.9. The van der Waals surface area contributed by atoms with Crippen LogP contribution in [0, 0.1) is 16.7 Å². The van der Waals surface area contributed by atoms with Crippen molar-refractivity contribution in [1.82, 2.24) is 0 Å². The summed E-state index contributed by atoms with van der Waals surface area (Å²) in [6, 6.07) is 0. The minimum absolute atomic E-state index is 0.0125. The Morgan fingerprint density at radius 1 is 1.09 bits per heavy atom. The summed E-state index contributed by atoms with van der Waals surface area (Å²) in [5.74, 6) is 0.146. The number of hydrogen-bond acceptors (Lipinski definition) is 2. The minimum Gasteiger partial charge on any atom is -0.481 e. The van der Waals surface area contributed by atoms with Crippen molar-refractivity contribution in [2.45, 2.75) is 84.0 Å². The lowest BCUT2D eigenvalue weighted by molar-refractivity contribution is -0.151. The number of carbonyl (C=O) groups excluding carboxylic acids is 1. The van der Waals surface area contributed by atoms with E-state index in [1.165, 1.54) is 6.42 Å². The Kier molecular flexibility index (Phi) is 6.53. The molecule has 0 radical (unpaired) electrons. The highest BCUT2D eigenvalue weighted by Crippen LogP contribution is 2.60. The summed E-state index contributed by atoms with van der Waals surface area (Å²) in [5, 5.41) is 9.33. The van der Waals surface area contributed by atoms with E-state index >= 15 is 0 Å². The maximum Gasteiger partial charge on any atom is 0.306 e.